The summed E-state index contributed by atoms with van der Waals surface area (Å²) in [5.41, 5.74) is 8.86. The van der Waals surface area contributed by atoms with Crippen LogP contribution >= 0.6 is 0 Å². The third kappa shape index (κ3) is 18.6. The average Bonchev–Trinajstić information content (AvgIpc) is 3.34. The van der Waals surface area contributed by atoms with Crippen molar-refractivity contribution in [3.63, 3.8) is 0 Å². The van der Waals surface area contributed by atoms with Gasteiger partial charge in [-0.3, -0.25) is 14.6 Å². The molecule has 2 aliphatic heterocycles. The fraction of sp³-hybridized carbons (Fsp3) is 0.542. The number of hydrogen-bond donors (Lipinski definition) is 11. The summed E-state index contributed by atoms with van der Waals surface area (Å²) in [6.07, 6.45) is 5.12. The number of benzene rings is 2. The van der Waals surface area contributed by atoms with Gasteiger partial charge < -0.3 is 68.1 Å². The maximum Gasteiger partial charge on any atom is 0.326 e. The molecule has 1 amide bonds. The molecule has 2 aromatic heterocycles. The maximum absolute atomic E-state index is 14.3. The first kappa shape index (κ1) is 53.6. The second-order valence-electron chi connectivity index (χ2n) is 17.9. The van der Waals surface area contributed by atoms with Crippen LogP contribution in [-0.2, 0) is 29.2 Å². The van der Waals surface area contributed by atoms with Crippen molar-refractivity contribution in [3.05, 3.63) is 76.6 Å². The Labute approximate surface area is 411 Å². The van der Waals surface area contributed by atoms with Crippen LogP contribution in [0.2, 0.25) is 0 Å². The summed E-state index contributed by atoms with van der Waals surface area (Å²) >= 11 is 0. The Morgan fingerprint density at radius 3 is 1.94 bits per heavy atom. The predicted octanol–water partition coefficient (Wildman–Crippen LogP) is -0.184. The first-order valence-electron chi connectivity index (χ1n) is 24.8. The smallest absolute Gasteiger partial charge is 0.326 e. The molecule has 0 saturated carbocycles. The number of aromatic nitrogens is 4. The number of carboxylic acid groups (broad SMARTS) is 1. The van der Waals surface area contributed by atoms with Crippen LogP contribution in [0.25, 0.3) is 11.2 Å². The zero-order chi connectivity index (χ0) is 49.3. The van der Waals surface area contributed by atoms with E-state index in [9.17, 15) is 29.4 Å². The number of fused-ring (bicyclic) bond motifs is 1. The molecule has 22 heteroatoms. The van der Waals surface area contributed by atoms with E-state index in [4.69, 9.17) is 5.73 Å². The number of aliphatic carboxylic acids is 1. The molecule has 1 atom stereocenters. The number of hydrogen-bond acceptors (Lipinski definition) is 19. The Bertz CT molecular complexity index is 2270. The lowest BCUT2D eigenvalue weighted by molar-refractivity contribution is -0.139. The number of aromatic hydroxyl groups is 1. The zero-order valence-corrected chi connectivity index (χ0v) is 40.4. The van der Waals surface area contributed by atoms with E-state index in [0.717, 1.165) is 142 Å². The van der Waals surface area contributed by atoms with Gasteiger partial charge in [0.1, 0.15) is 11.7 Å². The maximum atomic E-state index is 14.3. The molecule has 4 heterocycles. The topological polar surface area (TPSA) is 289 Å². The van der Waals surface area contributed by atoms with E-state index < -0.39 is 23.6 Å². The van der Waals surface area contributed by atoms with E-state index in [1.165, 1.54) is 6.20 Å². The monoisotopic (exact) mass is 966 g/mol. The minimum Gasteiger partial charge on any atom is -0.492 e. The van der Waals surface area contributed by atoms with Crippen LogP contribution in [-0.4, -0.2) is 181 Å². The zero-order valence-electron chi connectivity index (χ0n) is 40.4. The molecule has 0 radical (unpaired) electrons. The molecule has 0 aliphatic carbocycles. The lowest BCUT2D eigenvalue weighted by atomic mass is 9.64. The van der Waals surface area contributed by atoms with E-state index in [2.05, 4.69) is 78.3 Å². The standard InChI is InChI=1S/C48H72BN15O6/c50-48-61-44-42(46(68)62-48)59-38(31-58-44)30-57-37-9-7-35(8-10-37)45(67)60-40(47(69)70)11-12-41(65)49-43(66)39-29-34(32-63-25-3-17-53-21-19-51-13-1-15-55-23-27-63)5-6-36(39)33-64-26-4-18-54-22-20-52-14-2-16-56-24-28-64/h5-10,29,31,40,49,51-57H,1-4,11-28,30,32-33H2,(H,60,67)(H,69,70)(H3,50,58,61,62,68). The number of nitrogens with zero attached hydrogens (tertiary/aromatic N) is 6. The van der Waals surface area contributed by atoms with Crippen molar-refractivity contribution in [2.75, 3.05) is 116 Å². The fourth-order valence-electron chi connectivity index (χ4n) is 8.40. The Morgan fingerprint density at radius 2 is 1.31 bits per heavy atom. The van der Waals surface area contributed by atoms with Crippen molar-refractivity contribution in [3.8, 4) is 5.88 Å². The van der Waals surface area contributed by atoms with Crippen molar-refractivity contribution in [2.45, 2.75) is 64.2 Å². The molecular weight excluding hydrogens is 893 g/mol. The summed E-state index contributed by atoms with van der Waals surface area (Å²) in [4.78, 5) is 74.5. The third-order valence-corrected chi connectivity index (χ3v) is 12.3. The summed E-state index contributed by atoms with van der Waals surface area (Å²) in [5.74, 6) is -2.41. The minimum absolute atomic E-state index is 0.108. The summed E-state index contributed by atoms with van der Waals surface area (Å²) < 4.78 is 0. The van der Waals surface area contributed by atoms with E-state index in [1.807, 2.05) is 12.1 Å². The molecule has 70 heavy (non-hydrogen) atoms. The SMILES string of the molecule is Nc1nc(O)c2nc(CNc3ccc(C(=O)NC(CCC(=O)BC(=O)c4cc(CN5CCCNCCNCCCNCC5)ccc4CN4CCCNCCNCCCNCC4)C(=O)O)cc3)cnc2n1. The summed E-state index contributed by atoms with van der Waals surface area (Å²) in [5, 5.41) is 47.0. The summed E-state index contributed by atoms with van der Waals surface area (Å²) in [7, 11) is -0.382. The van der Waals surface area contributed by atoms with Crippen LogP contribution in [0.15, 0.2) is 48.7 Å². The minimum atomic E-state index is -1.36. The van der Waals surface area contributed by atoms with Gasteiger partial charge >= 0.3 is 5.97 Å². The molecule has 12 N–H and O–H groups in total. The highest BCUT2D eigenvalue weighted by Gasteiger charge is 2.25. The largest absolute Gasteiger partial charge is 0.492 e. The number of carboxylic acids is 1. The molecule has 378 valence electrons. The van der Waals surface area contributed by atoms with Gasteiger partial charge in [0.05, 0.1) is 24.1 Å². The van der Waals surface area contributed by atoms with Crippen molar-refractivity contribution in [2.24, 2.45) is 0 Å². The van der Waals surface area contributed by atoms with Crippen LogP contribution in [0.3, 0.4) is 0 Å². The van der Waals surface area contributed by atoms with Gasteiger partial charge in [0.15, 0.2) is 11.2 Å². The molecule has 1 unspecified atom stereocenters. The van der Waals surface area contributed by atoms with Crippen molar-refractivity contribution < 1.29 is 29.4 Å². The van der Waals surface area contributed by atoms with Gasteiger partial charge in [0, 0.05) is 82.3 Å². The quantitative estimate of drug-likeness (QED) is 0.0650. The molecular formula is C48H72BN15O6. The van der Waals surface area contributed by atoms with E-state index >= 15 is 0 Å². The molecule has 0 spiro atoms. The second-order valence-corrected chi connectivity index (χ2v) is 17.9. The van der Waals surface area contributed by atoms with Crippen molar-refractivity contribution >= 4 is 53.3 Å². The van der Waals surface area contributed by atoms with Crippen LogP contribution in [0.1, 0.15) is 76.1 Å². The molecule has 2 aromatic carbocycles. The number of carbonyl (C=O) groups excluding carboxylic acids is 3. The fourth-order valence-corrected chi connectivity index (χ4v) is 8.40. The van der Waals surface area contributed by atoms with E-state index in [0.29, 0.717) is 30.0 Å². The van der Waals surface area contributed by atoms with E-state index in [-0.39, 0.29) is 60.9 Å². The molecule has 2 fully saturated rings. The highest BCUT2D eigenvalue weighted by Crippen LogP contribution is 2.20. The molecule has 2 aliphatic rings. The van der Waals surface area contributed by atoms with Gasteiger partial charge in [-0.15, -0.1) is 0 Å². The molecule has 0 bridgehead atoms. The highest BCUT2D eigenvalue weighted by atomic mass is 16.4. The van der Waals surface area contributed by atoms with Gasteiger partial charge in [-0.1, -0.05) is 12.1 Å². The lowest BCUT2D eigenvalue weighted by Gasteiger charge is -2.26. The van der Waals surface area contributed by atoms with Gasteiger partial charge in [-0.25, -0.2) is 14.8 Å². The van der Waals surface area contributed by atoms with Gasteiger partial charge in [0.2, 0.25) is 11.8 Å². The Kier molecular flexibility index (Phi) is 22.6. The van der Waals surface area contributed by atoms with E-state index in [1.54, 1.807) is 24.3 Å². The molecule has 6 rings (SSSR count). The Balaban J connectivity index is 1.08. The summed E-state index contributed by atoms with van der Waals surface area (Å²) in [6.45, 7) is 15.8. The second kappa shape index (κ2) is 29.5. The number of anilines is 2. The molecule has 4 aromatic rings. The number of amides is 1. The van der Waals surface area contributed by atoms with Crippen LogP contribution in [0, 0.1) is 0 Å². The van der Waals surface area contributed by atoms with Crippen LogP contribution in [0.5, 0.6) is 5.88 Å². The first-order valence-corrected chi connectivity index (χ1v) is 24.8. The number of nitrogens with two attached hydrogens (primary N) is 1. The Hall–Kier alpha value is -5.72. The predicted molar refractivity (Wildman–Crippen MR) is 272 cm³/mol. The number of nitrogens with one attached hydrogen (secondary N) is 8. The Morgan fingerprint density at radius 1 is 0.714 bits per heavy atom. The highest BCUT2D eigenvalue weighted by molar-refractivity contribution is 6.99. The molecule has 2 saturated heterocycles. The number of nitrogen functional groups attached to an aromatic ring is 1. The van der Waals surface area contributed by atoms with Crippen LogP contribution < -0.4 is 48.3 Å². The van der Waals surface area contributed by atoms with Crippen molar-refractivity contribution in [1.29, 1.82) is 0 Å². The van der Waals surface area contributed by atoms with Crippen LogP contribution in [0.4, 0.5) is 11.6 Å². The van der Waals surface area contributed by atoms with Gasteiger partial charge in [0.25, 0.3) is 13.2 Å². The lowest BCUT2D eigenvalue weighted by Crippen LogP contribution is -2.41. The van der Waals surface area contributed by atoms with Crippen molar-refractivity contribution in [1.82, 2.24) is 67.0 Å². The van der Waals surface area contributed by atoms with Gasteiger partial charge in [-0.05, 0) is 132 Å². The van der Waals surface area contributed by atoms with Gasteiger partial charge in [-0.2, -0.15) is 9.97 Å². The summed E-state index contributed by atoms with van der Waals surface area (Å²) in [6, 6.07) is 11.1. The normalized spacial score (nSPS) is 17.6. The number of carbonyl (C=O) groups is 4. The average molecular weight is 966 g/mol. The third-order valence-electron chi connectivity index (χ3n) is 12.3. The number of rotatable bonds is 16. The molecule has 21 nitrogen and oxygen atoms in total. The first-order chi connectivity index (χ1) is 34.1.